The first kappa shape index (κ1) is 16.8. The van der Waals surface area contributed by atoms with Crippen molar-refractivity contribution >= 4 is 11.7 Å². The number of ether oxygens (including phenoxy) is 1. The number of hydrogen-bond acceptors (Lipinski definition) is 2. The minimum atomic E-state index is -0.0882. The summed E-state index contributed by atoms with van der Waals surface area (Å²) in [6, 6.07) is 3.77. The molecule has 1 rings (SSSR count). The third-order valence-corrected chi connectivity index (χ3v) is 3.34. The van der Waals surface area contributed by atoms with Gasteiger partial charge in [0.15, 0.2) is 0 Å². The van der Waals surface area contributed by atoms with E-state index in [-0.39, 0.29) is 12.5 Å². The summed E-state index contributed by atoms with van der Waals surface area (Å²) in [6.07, 6.45) is 10.7. The normalized spacial score (nSPS) is 10.7. The van der Waals surface area contributed by atoms with Crippen molar-refractivity contribution < 1.29 is 9.53 Å². The molecule has 1 N–H and O–H groups in total. The number of anilines is 1. The van der Waals surface area contributed by atoms with Crippen molar-refractivity contribution in [3.8, 4) is 0 Å². The van der Waals surface area contributed by atoms with E-state index in [0.717, 1.165) is 12.2 Å². The van der Waals surface area contributed by atoms with Gasteiger partial charge in [-0.25, -0.2) is 0 Å². The molecule has 1 heterocycles. The van der Waals surface area contributed by atoms with Crippen LogP contribution in [0.1, 0.15) is 51.9 Å². The molecule has 1 aromatic rings. The molecule has 4 nitrogen and oxygen atoms in total. The topological polar surface area (TPSA) is 43.3 Å². The average Bonchev–Trinajstić information content (AvgIpc) is 2.82. The number of hydrogen-bond donors (Lipinski definition) is 1. The first-order valence-corrected chi connectivity index (χ1v) is 7.73. The second kappa shape index (κ2) is 10.5. The molecule has 20 heavy (non-hydrogen) atoms. The first-order valence-electron chi connectivity index (χ1n) is 7.73. The Morgan fingerprint density at radius 3 is 2.55 bits per heavy atom. The minimum Gasteiger partial charge on any atom is -0.372 e. The van der Waals surface area contributed by atoms with Crippen molar-refractivity contribution in [1.82, 2.24) is 4.57 Å². The first-order chi connectivity index (χ1) is 9.74. The monoisotopic (exact) mass is 280 g/mol. The highest BCUT2D eigenvalue weighted by atomic mass is 16.5. The molecule has 0 aliphatic carbocycles. The average molecular weight is 280 g/mol. The maximum absolute atomic E-state index is 11.6. The lowest BCUT2D eigenvalue weighted by Crippen LogP contribution is -2.20. The van der Waals surface area contributed by atoms with Crippen LogP contribution in [-0.2, 0) is 16.6 Å². The SMILES string of the molecule is CCCCCCCCCOCC(=O)Nc1cccn1C. The highest BCUT2D eigenvalue weighted by Crippen LogP contribution is 2.07. The van der Waals surface area contributed by atoms with Crippen LogP contribution in [-0.4, -0.2) is 23.7 Å². The molecule has 0 atom stereocenters. The van der Waals surface area contributed by atoms with Crippen LogP contribution in [0.25, 0.3) is 0 Å². The number of nitrogens with one attached hydrogen (secondary N) is 1. The van der Waals surface area contributed by atoms with Gasteiger partial charge in [0.2, 0.25) is 0 Å². The summed E-state index contributed by atoms with van der Waals surface area (Å²) < 4.78 is 7.26. The Morgan fingerprint density at radius 1 is 1.20 bits per heavy atom. The zero-order chi connectivity index (χ0) is 14.6. The summed E-state index contributed by atoms with van der Waals surface area (Å²) in [5.41, 5.74) is 0. The van der Waals surface area contributed by atoms with Crippen LogP contribution in [0.2, 0.25) is 0 Å². The van der Waals surface area contributed by atoms with E-state index in [0.29, 0.717) is 6.61 Å². The van der Waals surface area contributed by atoms with Gasteiger partial charge in [-0.1, -0.05) is 45.4 Å². The number of rotatable bonds is 11. The molecular formula is C16H28N2O2. The number of aromatic nitrogens is 1. The van der Waals surface area contributed by atoms with Crippen LogP contribution < -0.4 is 5.32 Å². The second-order valence-electron chi connectivity index (χ2n) is 5.23. The number of nitrogens with zero attached hydrogens (tertiary/aromatic N) is 1. The number of unbranched alkanes of at least 4 members (excludes halogenated alkanes) is 6. The van der Waals surface area contributed by atoms with E-state index in [2.05, 4.69) is 12.2 Å². The zero-order valence-electron chi connectivity index (χ0n) is 12.9. The molecule has 1 amide bonds. The van der Waals surface area contributed by atoms with Gasteiger partial charge in [0.05, 0.1) is 0 Å². The van der Waals surface area contributed by atoms with Crippen molar-refractivity contribution in [2.75, 3.05) is 18.5 Å². The molecule has 0 aromatic carbocycles. The predicted octanol–water partition coefficient (Wildman–Crippen LogP) is 3.73. The fourth-order valence-electron chi connectivity index (χ4n) is 2.10. The number of amides is 1. The Morgan fingerprint density at radius 2 is 1.90 bits per heavy atom. The standard InChI is InChI=1S/C16H28N2O2/c1-3-4-5-6-7-8-9-13-20-14-16(19)17-15-11-10-12-18(15)2/h10-12H,3-9,13-14H2,1-2H3,(H,17,19). The largest absolute Gasteiger partial charge is 0.372 e. The molecule has 114 valence electrons. The molecule has 4 heteroatoms. The van der Waals surface area contributed by atoms with E-state index in [4.69, 9.17) is 4.74 Å². The maximum Gasteiger partial charge on any atom is 0.251 e. The van der Waals surface area contributed by atoms with Gasteiger partial charge < -0.3 is 14.6 Å². The minimum absolute atomic E-state index is 0.0882. The fraction of sp³-hybridized carbons (Fsp3) is 0.688. The van der Waals surface area contributed by atoms with Crippen LogP contribution in [0.3, 0.4) is 0 Å². The van der Waals surface area contributed by atoms with E-state index in [9.17, 15) is 4.79 Å². The van der Waals surface area contributed by atoms with Crippen LogP contribution in [0.4, 0.5) is 5.82 Å². The molecule has 0 unspecified atom stereocenters. The van der Waals surface area contributed by atoms with E-state index in [1.165, 1.54) is 38.5 Å². The second-order valence-corrected chi connectivity index (χ2v) is 5.23. The molecule has 0 spiro atoms. The van der Waals surface area contributed by atoms with Gasteiger partial charge in [0.1, 0.15) is 12.4 Å². The van der Waals surface area contributed by atoms with Crippen LogP contribution in [0.15, 0.2) is 18.3 Å². The fourth-order valence-corrected chi connectivity index (χ4v) is 2.10. The number of carbonyl (C=O) groups excluding carboxylic acids is 1. The molecule has 0 aliphatic heterocycles. The van der Waals surface area contributed by atoms with E-state index < -0.39 is 0 Å². The summed E-state index contributed by atoms with van der Waals surface area (Å²) in [5, 5.41) is 2.81. The van der Waals surface area contributed by atoms with Gasteiger partial charge in [-0.05, 0) is 18.6 Å². The number of aryl methyl sites for hydroxylation is 1. The smallest absolute Gasteiger partial charge is 0.251 e. The quantitative estimate of drug-likeness (QED) is 0.628. The molecule has 0 fully saturated rings. The van der Waals surface area contributed by atoms with Gasteiger partial charge >= 0.3 is 0 Å². The molecule has 0 saturated carbocycles. The van der Waals surface area contributed by atoms with Gasteiger partial charge in [-0.2, -0.15) is 0 Å². The van der Waals surface area contributed by atoms with Crippen molar-refractivity contribution in [2.24, 2.45) is 7.05 Å². The molecule has 0 bridgehead atoms. The maximum atomic E-state index is 11.6. The van der Waals surface area contributed by atoms with E-state index in [1.807, 2.05) is 29.9 Å². The molecule has 0 saturated heterocycles. The molecular weight excluding hydrogens is 252 g/mol. The highest BCUT2D eigenvalue weighted by Gasteiger charge is 2.04. The summed E-state index contributed by atoms with van der Waals surface area (Å²) in [6.45, 7) is 3.05. The summed E-state index contributed by atoms with van der Waals surface area (Å²) >= 11 is 0. The van der Waals surface area contributed by atoms with E-state index >= 15 is 0 Å². The van der Waals surface area contributed by atoms with Crippen LogP contribution in [0, 0.1) is 0 Å². The van der Waals surface area contributed by atoms with Gasteiger partial charge in [0.25, 0.3) is 5.91 Å². The van der Waals surface area contributed by atoms with Crippen molar-refractivity contribution in [3.63, 3.8) is 0 Å². The van der Waals surface area contributed by atoms with Crippen LogP contribution >= 0.6 is 0 Å². The van der Waals surface area contributed by atoms with Gasteiger partial charge in [-0.15, -0.1) is 0 Å². The summed E-state index contributed by atoms with van der Waals surface area (Å²) in [5.74, 6) is 0.712. The Balaban J connectivity index is 1.93. The summed E-state index contributed by atoms with van der Waals surface area (Å²) in [4.78, 5) is 11.6. The Hall–Kier alpha value is -1.29. The van der Waals surface area contributed by atoms with Crippen LogP contribution in [0.5, 0.6) is 0 Å². The third kappa shape index (κ3) is 7.34. The van der Waals surface area contributed by atoms with Crippen molar-refractivity contribution in [3.05, 3.63) is 18.3 Å². The molecule has 1 aromatic heterocycles. The third-order valence-electron chi connectivity index (χ3n) is 3.34. The summed E-state index contributed by atoms with van der Waals surface area (Å²) in [7, 11) is 1.90. The number of carbonyl (C=O) groups is 1. The zero-order valence-corrected chi connectivity index (χ0v) is 12.9. The van der Waals surface area contributed by atoms with E-state index in [1.54, 1.807) is 0 Å². The Bertz CT molecular complexity index is 374. The Labute approximate surface area is 122 Å². The predicted molar refractivity (Wildman–Crippen MR) is 82.9 cm³/mol. The molecule has 0 aliphatic rings. The van der Waals surface area contributed by atoms with Gasteiger partial charge in [-0.3, -0.25) is 4.79 Å². The van der Waals surface area contributed by atoms with Crippen molar-refractivity contribution in [2.45, 2.75) is 51.9 Å². The van der Waals surface area contributed by atoms with Crippen molar-refractivity contribution in [1.29, 1.82) is 0 Å². The molecule has 0 radical (unpaired) electrons. The lowest BCUT2D eigenvalue weighted by Gasteiger charge is -2.07. The lowest BCUT2D eigenvalue weighted by molar-refractivity contribution is -0.120. The Kier molecular flexibility index (Phi) is 8.79. The lowest BCUT2D eigenvalue weighted by atomic mass is 10.1. The van der Waals surface area contributed by atoms with Gasteiger partial charge in [0, 0.05) is 19.9 Å². The highest BCUT2D eigenvalue weighted by molar-refractivity contribution is 5.90.